The van der Waals surface area contributed by atoms with Crippen molar-refractivity contribution >= 4 is 17.4 Å². The first kappa shape index (κ1) is 14.8. The van der Waals surface area contributed by atoms with Crippen molar-refractivity contribution in [3.05, 3.63) is 53.6 Å². The van der Waals surface area contributed by atoms with E-state index < -0.39 is 0 Å². The lowest BCUT2D eigenvalue weighted by Gasteiger charge is -2.23. The molecule has 0 amide bonds. The fourth-order valence-electron chi connectivity index (χ4n) is 2.02. The van der Waals surface area contributed by atoms with Gasteiger partial charge in [-0.1, -0.05) is 44.5 Å². The Bertz CT molecular complexity index is 568. The second-order valence-electron chi connectivity index (χ2n) is 5.95. The number of hydrogen-bond donors (Lipinski definition) is 0. The Morgan fingerprint density at radius 3 is 2.45 bits per heavy atom. The minimum absolute atomic E-state index is 0.0403. The van der Waals surface area contributed by atoms with E-state index in [0.29, 0.717) is 11.4 Å². The van der Waals surface area contributed by atoms with Crippen LogP contribution in [0.5, 0.6) is 0 Å². The summed E-state index contributed by atoms with van der Waals surface area (Å²) in [4.78, 5) is 16.4. The van der Waals surface area contributed by atoms with Crippen LogP contribution in [0.1, 0.15) is 38.8 Å². The second kappa shape index (κ2) is 5.80. The average Bonchev–Trinajstić information content (AvgIpc) is 2.89. The summed E-state index contributed by atoms with van der Waals surface area (Å²) in [6.45, 7) is 5.84. The van der Waals surface area contributed by atoms with Gasteiger partial charge in [0.2, 0.25) is 0 Å². The number of halogens is 1. The topological polar surface area (TPSA) is 34.9 Å². The van der Waals surface area contributed by atoms with Crippen molar-refractivity contribution in [1.29, 1.82) is 0 Å². The number of carbonyl (C=O) groups excluding carboxylic acids is 1. The van der Waals surface area contributed by atoms with Crippen molar-refractivity contribution in [2.75, 3.05) is 0 Å². The van der Waals surface area contributed by atoms with Gasteiger partial charge in [0.05, 0.1) is 12.4 Å². The van der Waals surface area contributed by atoms with Gasteiger partial charge in [-0.3, -0.25) is 4.79 Å². The molecule has 20 heavy (non-hydrogen) atoms. The molecule has 106 valence electrons. The van der Waals surface area contributed by atoms with E-state index in [9.17, 15) is 4.79 Å². The van der Waals surface area contributed by atoms with Crippen LogP contribution in [0.3, 0.4) is 0 Å². The summed E-state index contributed by atoms with van der Waals surface area (Å²) in [5.41, 5.74) is 0.718. The SMILES string of the molecule is CC(C)(C)C(=O)CC(c1ccc(Cl)cc1)n1ccnc1. The number of nitrogens with zero attached hydrogens (tertiary/aromatic N) is 2. The van der Waals surface area contributed by atoms with Crippen LogP contribution < -0.4 is 0 Å². The van der Waals surface area contributed by atoms with E-state index in [1.165, 1.54) is 0 Å². The summed E-state index contributed by atoms with van der Waals surface area (Å²) in [5.74, 6) is 0.228. The van der Waals surface area contributed by atoms with Crippen molar-refractivity contribution < 1.29 is 4.79 Å². The Labute approximate surface area is 124 Å². The third-order valence-electron chi connectivity index (χ3n) is 3.35. The lowest BCUT2D eigenvalue weighted by molar-refractivity contribution is -0.126. The fourth-order valence-corrected chi connectivity index (χ4v) is 2.14. The summed E-state index contributed by atoms with van der Waals surface area (Å²) >= 11 is 5.93. The molecular formula is C16H19ClN2O. The quantitative estimate of drug-likeness (QED) is 0.848. The molecule has 2 aromatic rings. The molecule has 0 spiro atoms. The van der Waals surface area contributed by atoms with Crippen molar-refractivity contribution in [2.24, 2.45) is 5.41 Å². The van der Waals surface area contributed by atoms with Gasteiger partial charge in [0.1, 0.15) is 5.78 Å². The summed E-state index contributed by atoms with van der Waals surface area (Å²) in [5, 5.41) is 0.695. The van der Waals surface area contributed by atoms with Crippen molar-refractivity contribution in [1.82, 2.24) is 9.55 Å². The Morgan fingerprint density at radius 1 is 1.30 bits per heavy atom. The molecule has 0 aliphatic carbocycles. The average molecular weight is 291 g/mol. The van der Waals surface area contributed by atoms with Crippen LogP contribution >= 0.6 is 11.6 Å². The van der Waals surface area contributed by atoms with E-state index >= 15 is 0 Å². The van der Waals surface area contributed by atoms with Gasteiger partial charge in [-0.15, -0.1) is 0 Å². The van der Waals surface area contributed by atoms with Crippen LogP contribution in [0.4, 0.5) is 0 Å². The highest BCUT2D eigenvalue weighted by molar-refractivity contribution is 6.30. The maximum Gasteiger partial charge on any atom is 0.140 e. The van der Waals surface area contributed by atoms with Crippen LogP contribution in [0.2, 0.25) is 5.02 Å². The number of ketones is 1. The maximum absolute atomic E-state index is 12.4. The molecular weight excluding hydrogens is 272 g/mol. The van der Waals surface area contributed by atoms with Crippen LogP contribution in [0, 0.1) is 5.41 Å². The maximum atomic E-state index is 12.4. The molecule has 3 nitrogen and oxygen atoms in total. The Balaban J connectivity index is 2.31. The van der Waals surface area contributed by atoms with E-state index in [4.69, 9.17) is 11.6 Å². The Hall–Kier alpha value is -1.61. The molecule has 0 radical (unpaired) electrons. The molecule has 1 aromatic carbocycles. The first-order valence-electron chi connectivity index (χ1n) is 6.64. The van der Waals surface area contributed by atoms with E-state index in [-0.39, 0.29) is 17.2 Å². The molecule has 1 heterocycles. The first-order valence-corrected chi connectivity index (χ1v) is 7.02. The van der Waals surface area contributed by atoms with Gasteiger partial charge in [-0.05, 0) is 17.7 Å². The number of rotatable bonds is 4. The number of imidazole rings is 1. The van der Waals surface area contributed by atoms with E-state index in [0.717, 1.165) is 5.56 Å². The largest absolute Gasteiger partial charge is 0.330 e. The fraction of sp³-hybridized carbons (Fsp3) is 0.375. The van der Waals surface area contributed by atoms with Gasteiger partial charge in [0.25, 0.3) is 0 Å². The predicted molar refractivity (Wildman–Crippen MR) is 80.9 cm³/mol. The predicted octanol–water partition coefficient (Wildman–Crippen LogP) is 4.13. The highest BCUT2D eigenvalue weighted by atomic mass is 35.5. The van der Waals surface area contributed by atoms with Gasteiger partial charge in [0, 0.05) is 29.3 Å². The molecule has 0 bridgehead atoms. The molecule has 0 aliphatic heterocycles. The van der Waals surface area contributed by atoms with Crippen LogP contribution in [-0.2, 0) is 4.79 Å². The lowest BCUT2D eigenvalue weighted by Crippen LogP contribution is -2.24. The molecule has 1 atom stereocenters. The first-order chi connectivity index (χ1) is 9.38. The Kier molecular flexibility index (Phi) is 4.29. The van der Waals surface area contributed by atoms with Gasteiger partial charge >= 0.3 is 0 Å². The highest BCUT2D eigenvalue weighted by Gasteiger charge is 2.26. The molecule has 4 heteroatoms. The third kappa shape index (κ3) is 3.48. The zero-order valence-electron chi connectivity index (χ0n) is 12.0. The van der Waals surface area contributed by atoms with E-state index in [1.807, 2.05) is 55.8 Å². The van der Waals surface area contributed by atoms with Gasteiger partial charge in [-0.2, -0.15) is 0 Å². The smallest absolute Gasteiger partial charge is 0.140 e. The molecule has 0 N–H and O–H groups in total. The summed E-state index contributed by atoms with van der Waals surface area (Å²) in [7, 11) is 0. The van der Waals surface area contributed by atoms with E-state index in [2.05, 4.69) is 4.98 Å². The lowest BCUT2D eigenvalue weighted by atomic mass is 9.85. The molecule has 1 aromatic heterocycles. The molecule has 1 unspecified atom stereocenters. The molecule has 0 fully saturated rings. The highest BCUT2D eigenvalue weighted by Crippen LogP contribution is 2.28. The third-order valence-corrected chi connectivity index (χ3v) is 3.61. The summed E-state index contributed by atoms with van der Waals surface area (Å²) < 4.78 is 1.97. The summed E-state index contributed by atoms with van der Waals surface area (Å²) in [6.07, 6.45) is 5.80. The minimum Gasteiger partial charge on any atom is -0.330 e. The zero-order valence-corrected chi connectivity index (χ0v) is 12.8. The van der Waals surface area contributed by atoms with Gasteiger partial charge in [0.15, 0.2) is 0 Å². The monoisotopic (exact) mass is 290 g/mol. The number of aromatic nitrogens is 2. The van der Waals surface area contributed by atoms with Crippen LogP contribution in [0.15, 0.2) is 43.0 Å². The second-order valence-corrected chi connectivity index (χ2v) is 6.39. The van der Waals surface area contributed by atoms with Crippen LogP contribution in [-0.4, -0.2) is 15.3 Å². The number of benzene rings is 1. The van der Waals surface area contributed by atoms with Crippen molar-refractivity contribution in [3.8, 4) is 0 Å². The number of carbonyl (C=O) groups is 1. The number of Topliss-reactive ketones (excluding diaryl/α,β-unsaturated/α-hetero) is 1. The molecule has 0 saturated carbocycles. The van der Waals surface area contributed by atoms with Gasteiger partial charge < -0.3 is 4.57 Å². The van der Waals surface area contributed by atoms with E-state index in [1.54, 1.807) is 12.5 Å². The molecule has 0 aliphatic rings. The summed E-state index contributed by atoms with van der Waals surface area (Å²) in [6, 6.07) is 7.58. The van der Waals surface area contributed by atoms with Gasteiger partial charge in [-0.25, -0.2) is 4.98 Å². The van der Waals surface area contributed by atoms with Crippen molar-refractivity contribution in [2.45, 2.75) is 33.2 Å². The molecule has 0 saturated heterocycles. The Morgan fingerprint density at radius 2 is 1.95 bits per heavy atom. The zero-order chi connectivity index (χ0) is 14.8. The number of hydrogen-bond acceptors (Lipinski definition) is 2. The standard InChI is InChI=1S/C16H19ClN2O/c1-16(2,3)15(20)10-14(19-9-8-18-11-19)12-4-6-13(17)7-5-12/h4-9,11,14H,10H2,1-3H3. The van der Waals surface area contributed by atoms with Crippen molar-refractivity contribution in [3.63, 3.8) is 0 Å². The normalized spacial score (nSPS) is 13.2. The van der Waals surface area contributed by atoms with Crippen LogP contribution in [0.25, 0.3) is 0 Å². The minimum atomic E-state index is -0.342. The molecule has 2 rings (SSSR count).